The minimum absolute atomic E-state index is 0.0211. The smallest absolute Gasteiger partial charge is 0.328 e. The molecule has 4 rings (SSSR count). The largest absolute Gasteiger partial charge is 0.392 e. The fourth-order valence-corrected chi connectivity index (χ4v) is 8.10. The first kappa shape index (κ1) is 57.4. The van der Waals surface area contributed by atoms with Crippen molar-refractivity contribution in [2.45, 2.75) is 98.0 Å². The van der Waals surface area contributed by atoms with E-state index in [0.717, 1.165) is 31.6 Å². The van der Waals surface area contributed by atoms with Gasteiger partial charge in [0.15, 0.2) is 0 Å². The number of imide groups is 1. The maximum absolute atomic E-state index is 13.1. The quantitative estimate of drug-likeness (QED) is 0.0297. The molecular weight excluding hydrogens is 930 g/mol. The standard InChI is InChI=1S/C47H72N9O13P/c1-35(2)45(47(63)48-37(4)46(62)49-39-13-11-38(12-14-39)34-69-70(64,65)30-8-9-36(3)33-57)50-41(58)17-24-66-26-28-68-29-27-67-25-23-55-32-40(51-52-55)31-53-19-21-54(22-20-53)42(59)10-6-5-7-18-56-43(60)15-16-44(56)61/h9,11-16,32,35,37,45,57H,5-8,10,17-31,33-34H2,1-4H3,(H,48,63)(H,49,62)(H,50,58)(H,64,65)/b36-9+/t37-,45-/m0/s1. The Morgan fingerprint density at radius 2 is 1.49 bits per heavy atom. The number of nitrogens with one attached hydrogen (secondary N) is 3. The number of anilines is 1. The lowest BCUT2D eigenvalue weighted by Crippen LogP contribution is -2.53. The van der Waals surface area contributed by atoms with Gasteiger partial charge in [0.25, 0.3) is 11.8 Å². The number of carbonyl (C=O) groups is 6. The van der Waals surface area contributed by atoms with Gasteiger partial charge in [-0.05, 0) is 56.7 Å². The zero-order valence-electron chi connectivity index (χ0n) is 40.9. The lowest BCUT2D eigenvalue weighted by atomic mass is 10.0. The number of hydrogen-bond donors (Lipinski definition) is 5. The number of rotatable bonds is 33. The monoisotopic (exact) mass is 1000 g/mol. The molecule has 3 atom stereocenters. The normalized spacial score (nSPS) is 16.1. The highest BCUT2D eigenvalue weighted by atomic mass is 31.2. The van der Waals surface area contributed by atoms with E-state index < -0.39 is 31.5 Å². The molecule has 0 spiro atoms. The third-order valence-corrected chi connectivity index (χ3v) is 12.7. The summed E-state index contributed by atoms with van der Waals surface area (Å²) in [7, 11) is -3.83. The van der Waals surface area contributed by atoms with Crippen molar-refractivity contribution in [1.29, 1.82) is 0 Å². The van der Waals surface area contributed by atoms with Gasteiger partial charge < -0.3 is 49.6 Å². The number of aromatic nitrogens is 3. The van der Waals surface area contributed by atoms with E-state index in [1.54, 1.807) is 55.8 Å². The predicted molar refractivity (Wildman–Crippen MR) is 258 cm³/mol. The highest BCUT2D eigenvalue weighted by Gasteiger charge is 2.28. The van der Waals surface area contributed by atoms with Crippen LogP contribution in [0, 0.1) is 5.92 Å². The number of benzene rings is 1. The van der Waals surface area contributed by atoms with Gasteiger partial charge in [-0.1, -0.05) is 49.3 Å². The van der Waals surface area contributed by atoms with Crippen LogP contribution in [0.4, 0.5) is 5.69 Å². The molecule has 2 aromatic rings. The number of nitrogens with zero attached hydrogens (tertiary/aromatic N) is 6. The van der Waals surface area contributed by atoms with Crippen molar-refractivity contribution >= 4 is 48.7 Å². The van der Waals surface area contributed by atoms with E-state index in [-0.39, 0.29) is 68.6 Å². The van der Waals surface area contributed by atoms with Gasteiger partial charge in [-0.25, -0.2) is 4.68 Å². The molecule has 1 unspecified atom stereocenters. The van der Waals surface area contributed by atoms with Crippen molar-refractivity contribution in [1.82, 2.24) is 40.3 Å². The average molecular weight is 1000 g/mol. The van der Waals surface area contributed by atoms with E-state index in [9.17, 15) is 38.2 Å². The summed E-state index contributed by atoms with van der Waals surface area (Å²) in [6, 6.07) is 4.70. The van der Waals surface area contributed by atoms with Gasteiger partial charge in [0.05, 0.1) is 71.3 Å². The molecule has 0 radical (unpaired) electrons. The van der Waals surface area contributed by atoms with Gasteiger partial charge in [0.1, 0.15) is 12.1 Å². The molecule has 1 saturated heterocycles. The summed E-state index contributed by atoms with van der Waals surface area (Å²) in [6.07, 6.45) is 9.00. The van der Waals surface area contributed by atoms with Crippen LogP contribution in [-0.2, 0) is 71.8 Å². The number of allylic oxidation sites excluding steroid dienone is 1. The highest BCUT2D eigenvalue weighted by molar-refractivity contribution is 7.52. The Hall–Kier alpha value is -5.19. The van der Waals surface area contributed by atoms with Crippen LogP contribution >= 0.6 is 7.60 Å². The van der Waals surface area contributed by atoms with Gasteiger partial charge in [-0.15, -0.1) is 5.10 Å². The lowest BCUT2D eigenvalue weighted by Gasteiger charge is -2.34. The van der Waals surface area contributed by atoms with Crippen molar-refractivity contribution in [3.05, 3.63) is 65.5 Å². The van der Waals surface area contributed by atoms with E-state index >= 15 is 0 Å². The Balaban J connectivity index is 0.979. The van der Waals surface area contributed by atoms with Gasteiger partial charge in [0.2, 0.25) is 23.6 Å². The molecule has 70 heavy (non-hydrogen) atoms. The Morgan fingerprint density at radius 1 is 0.829 bits per heavy atom. The summed E-state index contributed by atoms with van der Waals surface area (Å²) in [4.78, 5) is 90.1. The van der Waals surface area contributed by atoms with E-state index in [1.807, 2.05) is 11.1 Å². The third-order valence-electron chi connectivity index (χ3n) is 11.4. The number of ether oxygens (including phenoxy) is 3. The average Bonchev–Trinajstić information content (AvgIpc) is 3.92. The molecule has 3 heterocycles. The molecule has 0 aliphatic carbocycles. The van der Waals surface area contributed by atoms with E-state index in [0.29, 0.717) is 95.2 Å². The zero-order valence-corrected chi connectivity index (χ0v) is 41.8. The first-order valence-corrected chi connectivity index (χ1v) is 25.7. The number of aliphatic hydroxyl groups is 1. The summed E-state index contributed by atoms with van der Waals surface area (Å²) in [5.41, 5.74) is 2.60. The van der Waals surface area contributed by atoms with E-state index in [1.165, 1.54) is 24.0 Å². The number of amides is 6. The Labute approximate surface area is 410 Å². The summed E-state index contributed by atoms with van der Waals surface area (Å²) in [6.45, 7) is 12.8. The number of aliphatic hydroxyl groups excluding tert-OH is 1. The summed E-state index contributed by atoms with van der Waals surface area (Å²) < 4.78 is 36.0. The fraction of sp³-hybridized carbons (Fsp3) is 0.617. The summed E-state index contributed by atoms with van der Waals surface area (Å²) in [5.74, 6) is -2.06. The van der Waals surface area contributed by atoms with Crippen LogP contribution in [0.1, 0.15) is 77.5 Å². The van der Waals surface area contributed by atoms with Gasteiger partial charge >= 0.3 is 7.60 Å². The van der Waals surface area contributed by atoms with Crippen LogP contribution in [0.15, 0.2) is 54.3 Å². The van der Waals surface area contributed by atoms with Gasteiger partial charge in [0, 0.05) is 76.1 Å². The molecule has 23 heteroatoms. The molecule has 388 valence electrons. The van der Waals surface area contributed by atoms with Crippen LogP contribution in [0.25, 0.3) is 0 Å². The molecule has 22 nitrogen and oxygen atoms in total. The topological polar surface area (TPSA) is 273 Å². The second kappa shape index (κ2) is 30.5. The lowest BCUT2D eigenvalue weighted by molar-refractivity contribution is -0.137. The summed E-state index contributed by atoms with van der Waals surface area (Å²) >= 11 is 0. The van der Waals surface area contributed by atoms with Crippen LogP contribution in [0.5, 0.6) is 0 Å². The summed E-state index contributed by atoms with van der Waals surface area (Å²) in [5, 5.41) is 25.7. The van der Waals surface area contributed by atoms with Crippen molar-refractivity contribution in [2.24, 2.45) is 5.92 Å². The van der Waals surface area contributed by atoms with E-state index in [2.05, 4.69) is 31.2 Å². The third kappa shape index (κ3) is 21.4. The zero-order chi connectivity index (χ0) is 50.9. The van der Waals surface area contributed by atoms with Crippen molar-refractivity contribution in [2.75, 3.05) is 90.5 Å². The molecule has 1 aromatic heterocycles. The Kier molecular flexibility index (Phi) is 25.0. The fourth-order valence-electron chi connectivity index (χ4n) is 7.16. The maximum atomic E-state index is 13.1. The molecule has 2 aliphatic heterocycles. The number of carbonyl (C=O) groups excluding carboxylic acids is 6. The SMILES string of the molecule is C/C(=C\CCP(=O)(O)OCc1ccc(NC(=O)[C@H](C)NC(=O)[C@@H](NC(=O)CCOCCOCCOCCn2cc(CN3CCN(C(=O)CCCCCN4C(=O)C=CC4=O)CC3)nn2)C(C)C)cc1)CO. The second-order valence-corrected chi connectivity index (χ2v) is 19.5. The second-order valence-electron chi connectivity index (χ2n) is 17.5. The Morgan fingerprint density at radius 3 is 2.14 bits per heavy atom. The van der Waals surface area contributed by atoms with E-state index in [4.69, 9.17) is 23.8 Å². The molecule has 0 bridgehead atoms. The number of unbranched alkanes of at least 4 members (excludes halogenated alkanes) is 2. The molecule has 2 aliphatic rings. The number of hydrogen-bond acceptors (Lipinski definition) is 15. The molecular formula is C47H72N9O13P. The first-order valence-electron chi connectivity index (χ1n) is 23.9. The molecule has 0 saturated carbocycles. The molecule has 6 amide bonds. The first-order chi connectivity index (χ1) is 33.5. The van der Waals surface area contributed by atoms with Crippen molar-refractivity contribution in [3.63, 3.8) is 0 Å². The van der Waals surface area contributed by atoms with Crippen LogP contribution in [-0.4, -0.2) is 172 Å². The van der Waals surface area contributed by atoms with Crippen molar-refractivity contribution in [3.8, 4) is 0 Å². The minimum atomic E-state index is -3.83. The van der Waals surface area contributed by atoms with Gasteiger partial charge in [-0.2, -0.15) is 0 Å². The molecule has 1 fully saturated rings. The van der Waals surface area contributed by atoms with Crippen LogP contribution in [0.3, 0.4) is 0 Å². The van der Waals surface area contributed by atoms with Crippen LogP contribution in [0.2, 0.25) is 0 Å². The minimum Gasteiger partial charge on any atom is -0.392 e. The number of piperazine rings is 1. The van der Waals surface area contributed by atoms with Gasteiger partial charge in [-0.3, -0.25) is 43.1 Å². The molecule has 1 aromatic carbocycles. The maximum Gasteiger partial charge on any atom is 0.328 e. The van der Waals surface area contributed by atoms with Crippen molar-refractivity contribution < 1.29 is 62.1 Å². The molecule has 5 N–H and O–H groups in total. The van der Waals surface area contributed by atoms with Crippen LogP contribution < -0.4 is 16.0 Å². The Bertz CT molecular complexity index is 2090. The predicted octanol–water partition coefficient (Wildman–Crippen LogP) is 2.16. The highest BCUT2D eigenvalue weighted by Crippen LogP contribution is 2.43.